The number of nitrogens with one attached hydrogen (secondary N) is 1. The van der Waals surface area contributed by atoms with Gasteiger partial charge in [-0.15, -0.1) is 23.7 Å². The van der Waals surface area contributed by atoms with Gasteiger partial charge in [-0.25, -0.2) is 0 Å². The molecule has 1 N–H and O–H groups in total. The number of carbonyl (C=O) groups excluding carboxylic acids is 1. The Bertz CT molecular complexity index is 520. The highest BCUT2D eigenvalue weighted by molar-refractivity contribution is 7.10. The molecule has 114 valence electrons. The molecule has 2 rings (SSSR count). The first-order chi connectivity index (χ1) is 9.79. The molecule has 0 amide bonds. The van der Waals surface area contributed by atoms with Crippen LogP contribution >= 0.6 is 23.7 Å². The first-order valence-corrected chi connectivity index (χ1v) is 7.49. The summed E-state index contributed by atoms with van der Waals surface area (Å²) in [6.45, 7) is 2.94. The topological polar surface area (TPSA) is 51.2 Å². The first-order valence-electron chi connectivity index (χ1n) is 6.61. The summed E-state index contributed by atoms with van der Waals surface area (Å²) in [4.78, 5) is 16.8. The molecule has 0 fully saturated rings. The first kappa shape index (κ1) is 17.6. The third-order valence-corrected chi connectivity index (χ3v) is 3.85. The van der Waals surface area contributed by atoms with Crippen LogP contribution in [0.1, 0.15) is 29.8 Å². The summed E-state index contributed by atoms with van der Waals surface area (Å²) in [6.07, 6.45) is 3.88. The molecule has 2 aromatic heterocycles. The predicted molar refractivity (Wildman–Crippen MR) is 86.6 cm³/mol. The van der Waals surface area contributed by atoms with Crippen molar-refractivity contribution in [2.75, 3.05) is 6.61 Å². The van der Waals surface area contributed by atoms with Crippen molar-refractivity contribution in [2.24, 2.45) is 0 Å². The van der Waals surface area contributed by atoms with Crippen molar-refractivity contribution in [2.45, 2.75) is 25.9 Å². The molecule has 21 heavy (non-hydrogen) atoms. The normalized spacial score (nSPS) is 11.5. The lowest BCUT2D eigenvalue weighted by Gasteiger charge is -2.16. The number of ether oxygens (including phenoxy) is 1. The zero-order valence-corrected chi connectivity index (χ0v) is 13.5. The standard InChI is InChI=1S/C15H18N2O2S.ClH/c1-2-19-15(18)10-13(14-4-3-9-20-14)17-11-12-5-7-16-8-6-12;/h3-9,13,17H,2,10-11H2,1H3;1H. The van der Waals surface area contributed by atoms with Gasteiger partial charge in [-0.1, -0.05) is 6.07 Å². The maximum absolute atomic E-state index is 11.7. The molecule has 2 aromatic rings. The van der Waals surface area contributed by atoms with Gasteiger partial charge in [0.25, 0.3) is 0 Å². The maximum Gasteiger partial charge on any atom is 0.307 e. The molecular weight excluding hydrogens is 308 g/mol. The van der Waals surface area contributed by atoms with Crippen LogP contribution in [0, 0.1) is 0 Å². The van der Waals surface area contributed by atoms with Gasteiger partial charge in [0.15, 0.2) is 0 Å². The van der Waals surface area contributed by atoms with Crippen molar-refractivity contribution in [3.05, 3.63) is 52.5 Å². The summed E-state index contributed by atoms with van der Waals surface area (Å²) in [5.41, 5.74) is 1.14. The largest absolute Gasteiger partial charge is 0.466 e. The molecule has 0 bridgehead atoms. The van der Waals surface area contributed by atoms with Gasteiger partial charge in [0.2, 0.25) is 0 Å². The van der Waals surface area contributed by atoms with Crippen molar-refractivity contribution in [3.8, 4) is 0 Å². The second-order valence-corrected chi connectivity index (χ2v) is 5.29. The average molecular weight is 327 g/mol. The molecule has 0 saturated heterocycles. The Labute approximate surface area is 135 Å². The molecule has 0 aliphatic carbocycles. The zero-order valence-electron chi connectivity index (χ0n) is 11.8. The summed E-state index contributed by atoms with van der Waals surface area (Å²) in [5, 5.41) is 5.43. The molecule has 1 atom stereocenters. The summed E-state index contributed by atoms with van der Waals surface area (Å²) in [5.74, 6) is -0.173. The van der Waals surface area contributed by atoms with Crippen LogP contribution in [0.3, 0.4) is 0 Å². The van der Waals surface area contributed by atoms with Crippen LogP contribution < -0.4 is 5.32 Å². The fourth-order valence-electron chi connectivity index (χ4n) is 1.89. The molecule has 0 aliphatic heterocycles. The number of esters is 1. The van der Waals surface area contributed by atoms with E-state index in [1.54, 1.807) is 23.7 Å². The average Bonchev–Trinajstić information content (AvgIpc) is 2.99. The number of aromatic nitrogens is 1. The molecular formula is C15H19ClN2O2S. The summed E-state index contributed by atoms with van der Waals surface area (Å²) in [6, 6.07) is 7.94. The highest BCUT2D eigenvalue weighted by atomic mass is 35.5. The lowest BCUT2D eigenvalue weighted by molar-refractivity contribution is -0.143. The monoisotopic (exact) mass is 326 g/mol. The van der Waals surface area contributed by atoms with Gasteiger partial charge in [0.05, 0.1) is 19.1 Å². The SMILES string of the molecule is CCOC(=O)CC(NCc1ccncc1)c1cccs1.Cl. The van der Waals surface area contributed by atoms with Crippen LogP contribution in [0.5, 0.6) is 0 Å². The van der Waals surface area contributed by atoms with E-state index < -0.39 is 0 Å². The van der Waals surface area contributed by atoms with Crippen molar-refractivity contribution in [3.63, 3.8) is 0 Å². The van der Waals surface area contributed by atoms with Crippen LogP contribution in [-0.2, 0) is 16.1 Å². The number of halogens is 1. The Morgan fingerprint density at radius 2 is 2.14 bits per heavy atom. The number of carbonyl (C=O) groups is 1. The van der Waals surface area contributed by atoms with Crippen molar-refractivity contribution in [1.82, 2.24) is 10.3 Å². The van der Waals surface area contributed by atoms with Gasteiger partial charge >= 0.3 is 5.97 Å². The van der Waals surface area contributed by atoms with E-state index in [1.165, 1.54) is 0 Å². The van der Waals surface area contributed by atoms with Crippen LogP contribution in [-0.4, -0.2) is 17.6 Å². The van der Waals surface area contributed by atoms with Crippen molar-refractivity contribution >= 4 is 29.7 Å². The lowest BCUT2D eigenvalue weighted by Crippen LogP contribution is -2.23. The van der Waals surface area contributed by atoms with Gasteiger partial charge in [-0.3, -0.25) is 9.78 Å². The second-order valence-electron chi connectivity index (χ2n) is 4.31. The molecule has 1 unspecified atom stereocenters. The number of thiophene rings is 1. The minimum absolute atomic E-state index is 0. The Morgan fingerprint density at radius 3 is 2.76 bits per heavy atom. The lowest BCUT2D eigenvalue weighted by atomic mass is 10.1. The van der Waals surface area contributed by atoms with Gasteiger partial charge in [-0.05, 0) is 36.1 Å². The van der Waals surface area contributed by atoms with Crippen LogP contribution in [0.2, 0.25) is 0 Å². The summed E-state index contributed by atoms with van der Waals surface area (Å²) in [7, 11) is 0. The number of nitrogens with zero attached hydrogens (tertiary/aromatic N) is 1. The Kier molecular flexibility index (Phi) is 7.97. The minimum atomic E-state index is -0.173. The number of rotatable bonds is 7. The quantitative estimate of drug-likeness (QED) is 0.793. The fourth-order valence-corrected chi connectivity index (χ4v) is 2.69. The third-order valence-electron chi connectivity index (χ3n) is 2.86. The van der Waals surface area contributed by atoms with Gasteiger partial charge in [-0.2, -0.15) is 0 Å². The Morgan fingerprint density at radius 1 is 1.38 bits per heavy atom. The number of hydrogen-bond acceptors (Lipinski definition) is 5. The minimum Gasteiger partial charge on any atom is -0.466 e. The molecule has 4 nitrogen and oxygen atoms in total. The third kappa shape index (κ3) is 5.83. The smallest absolute Gasteiger partial charge is 0.307 e. The summed E-state index contributed by atoms with van der Waals surface area (Å²) < 4.78 is 5.04. The predicted octanol–water partition coefficient (Wildman–Crippen LogP) is 3.35. The zero-order chi connectivity index (χ0) is 14.2. The van der Waals surface area contributed by atoms with Crippen LogP contribution in [0.4, 0.5) is 0 Å². The number of hydrogen-bond donors (Lipinski definition) is 1. The van der Waals surface area contributed by atoms with E-state index in [1.807, 2.05) is 36.6 Å². The Balaban J connectivity index is 0.00000220. The molecule has 0 saturated carbocycles. The van der Waals surface area contributed by atoms with Crippen LogP contribution in [0.25, 0.3) is 0 Å². The van der Waals surface area contributed by atoms with E-state index in [-0.39, 0.29) is 24.4 Å². The molecule has 0 aliphatic rings. The fraction of sp³-hybridized carbons (Fsp3) is 0.333. The van der Waals surface area contributed by atoms with Crippen LogP contribution in [0.15, 0.2) is 42.0 Å². The van der Waals surface area contributed by atoms with E-state index in [0.29, 0.717) is 19.6 Å². The van der Waals surface area contributed by atoms with Crippen molar-refractivity contribution in [1.29, 1.82) is 0 Å². The highest BCUT2D eigenvalue weighted by Gasteiger charge is 2.17. The highest BCUT2D eigenvalue weighted by Crippen LogP contribution is 2.23. The van der Waals surface area contributed by atoms with E-state index in [2.05, 4.69) is 10.3 Å². The second kappa shape index (κ2) is 9.50. The maximum atomic E-state index is 11.7. The van der Waals surface area contributed by atoms with Gasteiger partial charge in [0, 0.05) is 23.8 Å². The van der Waals surface area contributed by atoms with Crippen molar-refractivity contribution < 1.29 is 9.53 Å². The van der Waals surface area contributed by atoms with E-state index in [9.17, 15) is 4.79 Å². The number of pyridine rings is 1. The Hall–Kier alpha value is -1.43. The molecule has 0 spiro atoms. The molecule has 6 heteroatoms. The van der Waals surface area contributed by atoms with Gasteiger partial charge < -0.3 is 10.1 Å². The van der Waals surface area contributed by atoms with E-state index in [4.69, 9.17) is 4.74 Å². The van der Waals surface area contributed by atoms with E-state index in [0.717, 1.165) is 10.4 Å². The molecule has 0 aromatic carbocycles. The van der Waals surface area contributed by atoms with E-state index >= 15 is 0 Å². The molecule has 2 heterocycles. The van der Waals surface area contributed by atoms with Gasteiger partial charge in [0.1, 0.15) is 0 Å². The molecule has 0 radical (unpaired) electrons. The summed E-state index contributed by atoms with van der Waals surface area (Å²) >= 11 is 1.64.